The van der Waals surface area contributed by atoms with Crippen molar-refractivity contribution < 1.29 is 9.90 Å². The van der Waals surface area contributed by atoms with Crippen molar-refractivity contribution in [1.82, 2.24) is 5.32 Å². The van der Waals surface area contributed by atoms with Crippen LogP contribution in [0.1, 0.15) is 32.1 Å². The van der Waals surface area contributed by atoms with Gasteiger partial charge in [0.2, 0.25) is 5.91 Å². The van der Waals surface area contributed by atoms with Crippen LogP contribution < -0.4 is 10.6 Å². The quantitative estimate of drug-likeness (QED) is 0.772. The topological polar surface area (TPSA) is 61.4 Å². The Kier molecular flexibility index (Phi) is 5.57. The van der Waals surface area contributed by atoms with Gasteiger partial charge in [-0.05, 0) is 31.0 Å². The first-order valence-electron chi connectivity index (χ1n) is 7.05. The zero-order valence-corrected chi connectivity index (χ0v) is 13.1. The summed E-state index contributed by atoms with van der Waals surface area (Å²) in [6, 6.07) is 7.51. The van der Waals surface area contributed by atoms with E-state index in [0.717, 1.165) is 35.8 Å². The minimum atomic E-state index is -0.271. The Hall–Kier alpha value is -0.910. The molecule has 0 unspecified atom stereocenters. The Balaban J connectivity index is 1.85. The number of anilines is 1. The van der Waals surface area contributed by atoms with E-state index in [1.165, 1.54) is 6.42 Å². The molecule has 110 valence electrons. The van der Waals surface area contributed by atoms with Crippen molar-refractivity contribution in [3.8, 4) is 0 Å². The maximum atomic E-state index is 12.0. The molecule has 0 radical (unpaired) electrons. The zero-order chi connectivity index (χ0) is 14.4. The highest BCUT2D eigenvalue weighted by Crippen LogP contribution is 2.27. The maximum Gasteiger partial charge on any atom is 0.238 e. The molecule has 0 heterocycles. The van der Waals surface area contributed by atoms with Crippen LogP contribution in [0.5, 0.6) is 0 Å². The highest BCUT2D eigenvalue weighted by atomic mass is 79.9. The molecule has 1 aromatic carbocycles. The largest absolute Gasteiger partial charge is 0.394 e. The van der Waals surface area contributed by atoms with Gasteiger partial charge in [0.05, 0.1) is 13.2 Å². The SMILES string of the molecule is O=C(CNC1(CO)CCCCC1)Nc1cccc(Br)c1. The zero-order valence-electron chi connectivity index (χ0n) is 11.5. The molecule has 0 aromatic heterocycles. The lowest BCUT2D eigenvalue weighted by Crippen LogP contribution is -2.52. The second kappa shape index (κ2) is 7.20. The van der Waals surface area contributed by atoms with Crippen molar-refractivity contribution >= 4 is 27.5 Å². The van der Waals surface area contributed by atoms with Gasteiger partial charge in [-0.1, -0.05) is 41.3 Å². The van der Waals surface area contributed by atoms with Crippen LogP contribution >= 0.6 is 15.9 Å². The van der Waals surface area contributed by atoms with Crippen LogP contribution in [-0.2, 0) is 4.79 Å². The first-order valence-corrected chi connectivity index (χ1v) is 7.84. The third-order valence-corrected chi connectivity index (χ3v) is 4.34. The molecule has 5 heteroatoms. The van der Waals surface area contributed by atoms with Gasteiger partial charge in [-0.2, -0.15) is 0 Å². The summed E-state index contributed by atoms with van der Waals surface area (Å²) in [4.78, 5) is 12.0. The molecular weight excluding hydrogens is 320 g/mol. The van der Waals surface area contributed by atoms with Crippen LogP contribution in [0.3, 0.4) is 0 Å². The molecule has 20 heavy (non-hydrogen) atoms. The number of hydrogen-bond acceptors (Lipinski definition) is 3. The summed E-state index contributed by atoms with van der Waals surface area (Å²) in [5.74, 6) is -0.0819. The predicted molar refractivity (Wildman–Crippen MR) is 83.7 cm³/mol. The molecule has 3 N–H and O–H groups in total. The number of hydrogen-bond donors (Lipinski definition) is 3. The first kappa shape index (κ1) is 15.5. The van der Waals surface area contributed by atoms with Gasteiger partial charge in [-0.3, -0.25) is 4.79 Å². The number of amides is 1. The Bertz CT molecular complexity index is 459. The van der Waals surface area contributed by atoms with Crippen LogP contribution in [0.15, 0.2) is 28.7 Å². The summed E-state index contributed by atoms with van der Waals surface area (Å²) >= 11 is 3.37. The summed E-state index contributed by atoms with van der Waals surface area (Å²) in [6.45, 7) is 0.324. The lowest BCUT2D eigenvalue weighted by Gasteiger charge is -2.36. The van der Waals surface area contributed by atoms with Crippen LogP contribution in [-0.4, -0.2) is 29.7 Å². The first-order chi connectivity index (χ1) is 9.63. The van der Waals surface area contributed by atoms with Gasteiger partial charge < -0.3 is 15.7 Å². The van der Waals surface area contributed by atoms with Crippen LogP contribution in [0, 0.1) is 0 Å². The highest BCUT2D eigenvalue weighted by Gasteiger charge is 2.31. The third-order valence-electron chi connectivity index (χ3n) is 3.85. The molecule has 0 bridgehead atoms. The van der Waals surface area contributed by atoms with Gasteiger partial charge >= 0.3 is 0 Å². The summed E-state index contributed by atoms with van der Waals surface area (Å²) in [5, 5.41) is 15.7. The van der Waals surface area contributed by atoms with Gasteiger partial charge in [0.15, 0.2) is 0 Å². The number of rotatable bonds is 5. The van der Waals surface area contributed by atoms with Gasteiger partial charge in [0.25, 0.3) is 0 Å². The van der Waals surface area contributed by atoms with Gasteiger partial charge in [-0.25, -0.2) is 0 Å². The molecule has 0 aliphatic heterocycles. The van der Waals surface area contributed by atoms with Crippen LogP contribution in [0.2, 0.25) is 0 Å². The average Bonchev–Trinajstić information content (AvgIpc) is 2.46. The number of aliphatic hydroxyl groups excluding tert-OH is 1. The average molecular weight is 341 g/mol. The predicted octanol–water partition coefficient (Wildman–Crippen LogP) is 2.67. The van der Waals surface area contributed by atoms with E-state index in [9.17, 15) is 9.90 Å². The fraction of sp³-hybridized carbons (Fsp3) is 0.533. The minimum absolute atomic E-state index is 0.0819. The molecule has 4 nitrogen and oxygen atoms in total. The fourth-order valence-corrected chi connectivity index (χ4v) is 3.06. The Morgan fingerprint density at radius 2 is 2.05 bits per heavy atom. The van der Waals surface area contributed by atoms with Crippen molar-refractivity contribution in [3.63, 3.8) is 0 Å². The normalized spacial score (nSPS) is 17.7. The standard InChI is InChI=1S/C15H21BrN2O2/c16-12-5-4-6-13(9-12)18-14(20)10-17-15(11-19)7-2-1-3-8-15/h4-6,9,17,19H,1-3,7-8,10-11H2,(H,18,20). The smallest absolute Gasteiger partial charge is 0.238 e. The number of carbonyl (C=O) groups excluding carboxylic acids is 1. The minimum Gasteiger partial charge on any atom is -0.394 e. The highest BCUT2D eigenvalue weighted by molar-refractivity contribution is 9.10. The van der Waals surface area contributed by atoms with Crippen LogP contribution in [0.4, 0.5) is 5.69 Å². The van der Waals surface area contributed by atoms with E-state index in [2.05, 4.69) is 26.6 Å². The lowest BCUT2D eigenvalue weighted by atomic mass is 9.82. The molecule has 1 aromatic rings. The molecule has 0 atom stereocenters. The molecule has 0 saturated heterocycles. The molecule has 0 spiro atoms. The molecule has 2 rings (SSSR count). The molecule has 1 saturated carbocycles. The van der Waals surface area contributed by atoms with Crippen molar-refractivity contribution in [2.24, 2.45) is 0 Å². The van der Waals surface area contributed by atoms with Crippen molar-refractivity contribution in [2.45, 2.75) is 37.6 Å². The number of halogens is 1. The number of carbonyl (C=O) groups is 1. The van der Waals surface area contributed by atoms with Gasteiger partial charge in [-0.15, -0.1) is 0 Å². The summed E-state index contributed by atoms with van der Waals surface area (Å²) in [7, 11) is 0. The van der Waals surface area contributed by atoms with Crippen molar-refractivity contribution in [3.05, 3.63) is 28.7 Å². The molecule has 1 fully saturated rings. The second-order valence-corrected chi connectivity index (χ2v) is 6.33. The molecular formula is C15H21BrN2O2. The number of aliphatic hydroxyl groups is 1. The second-order valence-electron chi connectivity index (χ2n) is 5.41. The Morgan fingerprint density at radius 1 is 1.30 bits per heavy atom. The monoisotopic (exact) mass is 340 g/mol. The molecule has 1 aliphatic rings. The van der Waals surface area contributed by atoms with E-state index in [4.69, 9.17) is 0 Å². The number of nitrogens with one attached hydrogen (secondary N) is 2. The summed E-state index contributed by atoms with van der Waals surface area (Å²) in [5.41, 5.74) is 0.500. The van der Waals surface area contributed by atoms with Crippen molar-refractivity contribution in [1.29, 1.82) is 0 Å². The summed E-state index contributed by atoms with van der Waals surface area (Å²) in [6.07, 6.45) is 5.32. The molecule has 1 amide bonds. The fourth-order valence-electron chi connectivity index (χ4n) is 2.66. The molecule has 1 aliphatic carbocycles. The van der Waals surface area contributed by atoms with Gasteiger partial charge in [0, 0.05) is 15.7 Å². The van der Waals surface area contributed by atoms with E-state index in [-0.39, 0.29) is 24.6 Å². The van der Waals surface area contributed by atoms with Crippen molar-refractivity contribution in [2.75, 3.05) is 18.5 Å². The lowest BCUT2D eigenvalue weighted by molar-refractivity contribution is -0.116. The maximum absolute atomic E-state index is 12.0. The van der Waals surface area contributed by atoms with E-state index in [0.29, 0.717) is 0 Å². The van der Waals surface area contributed by atoms with Crippen LogP contribution in [0.25, 0.3) is 0 Å². The third kappa shape index (κ3) is 4.30. The number of benzene rings is 1. The van der Waals surface area contributed by atoms with E-state index in [1.807, 2.05) is 24.3 Å². The summed E-state index contributed by atoms with van der Waals surface area (Å²) < 4.78 is 0.933. The van der Waals surface area contributed by atoms with E-state index < -0.39 is 0 Å². The van der Waals surface area contributed by atoms with Gasteiger partial charge in [0.1, 0.15) is 0 Å². The van der Waals surface area contributed by atoms with E-state index >= 15 is 0 Å². The van der Waals surface area contributed by atoms with E-state index in [1.54, 1.807) is 0 Å². The Morgan fingerprint density at radius 3 is 2.70 bits per heavy atom. The Labute approximate surface area is 128 Å².